The van der Waals surface area contributed by atoms with Crippen LogP contribution >= 0.6 is 0 Å². The SMILES string of the molecule is COC(=O)[C@H](Cc1c[nH]c2ccccc12)NC(=O)CCC(=O)OCC(=O)[C@@]1(O)CC[C@@H]2[C@@H]3CCC4=CC(=O)CC[C@]4(C)[C@H]3[C@@H](O)C[C@@]21C. The molecular weight excluding hydrogens is 616 g/mol. The number of benzene rings is 1. The van der Waals surface area contributed by atoms with Crippen molar-refractivity contribution in [3.05, 3.63) is 47.7 Å². The highest BCUT2D eigenvalue weighted by Gasteiger charge is 2.68. The zero-order valence-corrected chi connectivity index (χ0v) is 27.9. The minimum atomic E-state index is -1.77. The van der Waals surface area contributed by atoms with Gasteiger partial charge in [0.05, 0.1) is 19.6 Å². The van der Waals surface area contributed by atoms with E-state index in [1.54, 1.807) is 12.3 Å². The third-order valence-electron chi connectivity index (χ3n) is 12.3. The number of carbonyl (C=O) groups excluding carboxylic acids is 5. The van der Waals surface area contributed by atoms with Crippen molar-refractivity contribution in [2.24, 2.45) is 28.6 Å². The number of amides is 1. The molecule has 1 heterocycles. The smallest absolute Gasteiger partial charge is 0.328 e. The van der Waals surface area contributed by atoms with E-state index in [0.29, 0.717) is 19.3 Å². The highest BCUT2D eigenvalue weighted by atomic mass is 16.5. The van der Waals surface area contributed by atoms with Crippen LogP contribution in [0.15, 0.2) is 42.1 Å². The summed E-state index contributed by atoms with van der Waals surface area (Å²) in [7, 11) is 1.24. The summed E-state index contributed by atoms with van der Waals surface area (Å²) in [5.74, 6) is -2.36. The second-order valence-corrected chi connectivity index (χ2v) is 14.8. The van der Waals surface area contributed by atoms with E-state index >= 15 is 0 Å². The average Bonchev–Trinajstić information content (AvgIpc) is 3.59. The largest absolute Gasteiger partial charge is 0.467 e. The number of fused-ring (bicyclic) bond motifs is 6. The fraction of sp³-hybridized carbons (Fsp3) is 0.595. The summed E-state index contributed by atoms with van der Waals surface area (Å²) in [5.41, 5.74) is -0.109. The van der Waals surface area contributed by atoms with Crippen LogP contribution in [-0.2, 0) is 39.9 Å². The topological polar surface area (TPSA) is 172 Å². The molecule has 0 bridgehead atoms. The third kappa shape index (κ3) is 5.78. The summed E-state index contributed by atoms with van der Waals surface area (Å²) in [4.78, 5) is 66.7. The van der Waals surface area contributed by atoms with Gasteiger partial charge >= 0.3 is 11.9 Å². The molecule has 6 rings (SSSR count). The predicted octanol–water partition coefficient (Wildman–Crippen LogP) is 3.49. The average molecular weight is 663 g/mol. The molecule has 2 aromatic rings. The molecule has 3 saturated carbocycles. The first-order valence-electron chi connectivity index (χ1n) is 17.1. The van der Waals surface area contributed by atoms with Gasteiger partial charge in [0.2, 0.25) is 11.7 Å². The molecule has 48 heavy (non-hydrogen) atoms. The van der Waals surface area contributed by atoms with Crippen molar-refractivity contribution >= 4 is 40.3 Å². The Morgan fingerprint density at radius 1 is 1.08 bits per heavy atom. The molecular formula is C37H46N2O9. The number of aromatic amines is 1. The maximum atomic E-state index is 13.6. The molecule has 0 aliphatic heterocycles. The number of rotatable bonds is 10. The first-order chi connectivity index (χ1) is 22.8. The molecule has 11 heteroatoms. The minimum Gasteiger partial charge on any atom is -0.467 e. The van der Waals surface area contributed by atoms with Crippen molar-refractivity contribution in [3.8, 4) is 0 Å². The van der Waals surface area contributed by atoms with E-state index in [1.165, 1.54) is 7.11 Å². The van der Waals surface area contributed by atoms with Gasteiger partial charge in [-0.3, -0.25) is 19.2 Å². The van der Waals surface area contributed by atoms with Crippen molar-refractivity contribution in [3.63, 3.8) is 0 Å². The number of esters is 2. The Morgan fingerprint density at radius 3 is 2.62 bits per heavy atom. The van der Waals surface area contributed by atoms with Crippen LogP contribution in [0.1, 0.15) is 77.2 Å². The van der Waals surface area contributed by atoms with Gasteiger partial charge in [0.15, 0.2) is 12.4 Å². The number of allylic oxidation sites excluding steroid dienone is 1. The monoisotopic (exact) mass is 662 g/mol. The number of carbonyl (C=O) groups is 5. The molecule has 0 spiro atoms. The van der Waals surface area contributed by atoms with E-state index in [-0.39, 0.29) is 61.1 Å². The number of para-hydroxylation sites is 1. The normalized spacial score (nSPS) is 33.1. The van der Waals surface area contributed by atoms with Crippen molar-refractivity contribution in [2.75, 3.05) is 13.7 Å². The van der Waals surface area contributed by atoms with Crippen LogP contribution in [0, 0.1) is 28.6 Å². The number of methoxy groups -OCH3 is 1. The van der Waals surface area contributed by atoms with Gasteiger partial charge in [-0.25, -0.2) is 4.79 Å². The van der Waals surface area contributed by atoms with Crippen LogP contribution in [0.25, 0.3) is 10.9 Å². The van der Waals surface area contributed by atoms with Crippen LogP contribution in [-0.4, -0.2) is 76.1 Å². The molecule has 4 aliphatic rings. The fourth-order valence-corrected chi connectivity index (χ4v) is 9.83. The number of hydrogen-bond acceptors (Lipinski definition) is 9. The maximum absolute atomic E-state index is 13.6. The summed E-state index contributed by atoms with van der Waals surface area (Å²) in [5, 5.41) is 27.1. The third-order valence-corrected chi connectivity index (χ3v) is 12.3. The second kappa shape index (κ2) is 12.9. The number of ether oxygens (including phenoxy) is 2. The maximum Gasteiger partial charge on any atom is 0.328 e. The first-order valence-corrected chi connectivity index (χ1v) is 17.1. The zero-order chi connectivity index (χ0) is 34.4. The number of aliphatic hydroxyl groups excluding tert-OH is 1. The van der Waals surface area contributed by atoms with Crippen LogP contribution in [0.5, 0.6) is 0 Å². The number of nitrogens with one attached hydrogen (secondary N) is 2. The molecule has 0 unspecified atom stereocenters. The number of hydrogen-bond donors (Lipinski definition) is 4. The first kappa shape index (κ1) is 34.0. The van der Waals surface area contributed by atoms with Gasteiger partial charge in [0, 0.05) is 41.8 Å². The van der Waals surface area contributed by atoms with Crippen molar-refractivity contribution in [1.82, 2.24) is 10.3 Å². The van der Waals surface area contributed by atoms with Gasteiger partial charge in [0.25, 0.3) is 0 Å². The Hall–Kier alpha value is -3.83. The lowest BCUT2D eigenvalue weighted by Gasteiger charge is -2.60. The van der Waals surface area contributed by atoms with Crippen LogP contribution in [0.3, 0.4) is 0 Å². The zero-order valence-electron chi connectivity index (χ0n) is 27.9. The Balaban J connectivity index is 1.04. The lowest BCUT2D eigenvalue weighted by atomic mass is 9.45. The molecule has 1 amide bonds. The van der Waals surface area contributed by atoms with Gasteiger partial charge in [-0.1, -0.05) is 37.6 Å². The summed E-state index contributed by atoms with van der Waals surface area (Å²) < 4.78 is 10.2. The highest BCUT2D eigenvalue weighted by molar-refractivity contribution is 5.93. The van der Waals surface area contributed by atoms with Crippen molar-refractivity contribution < 1.29 is 43.7 Å². The lowest BCUT2D eigenvalue weighted by molar-refractivity contribution is -0.184. The summed E-state index contributed by atoms with van der Waals surface area (Å²) >= 11 is 0. The Kier molecular flexibility index (Phi) is 9.14. The number of aliphatic hydroxyl groups is 2. The van der Waals surface area contributed by atoms with E-state index in [1.807, 2.05) is 31.2 Å². The highest BCUT2D eigenvalue weighted by Crippen LogP contribution is 2.67. The van der Waals surface area contributed by atoms with Gasteiger partial charge in [-0.05, 0) is 79.4 Å². The van der Waals surface area contributed by atoms with Crippen molar-refractivity contribution in [1.29, 1.82) is 0 Å². The van der Waals surface area contributed by atoms with Crippen LogP contribution < -0.4 is 5.32 Å². The van der Waals surface area contributed by atoms with Gasteiger partial charge in [-0.2, -0.15) is 0 Å². The Morgan fingerprint density at radius 2 is 1.85 bits per heavy atom. The van der Waals surface area contributed by atoms with E-state index in [2.05, 4.69) is 17.2 Å². The van der Waals surface area contributed by atoms with Gasteiger partial charge in [-0.15, -0.1) is 0 Å². The van der Waals surface area contributed by atoms with Crippen LogP contribution in [0.4, 0.5) is 0 Å². The minimum absolute atomic E-state index is 0.00210. The molecule has 1 aromatic carbocycles. The van der Waals surface area contributed by atoms with Gasteiger partial charge < -0.3 is 30.0 Å². The summed E-state index contributed by atoms with van der Waals surface area (Å²) in [6, 6.07) is 6.62. The second-order valence-electron chi connectivity index (χ2n) is 14.8. The van der Waals surface area contributed by atoms with E-state index in [0.717, 1.165) is 34.9 Å². The van der Waals surface area contributed by atoms with Crippen LogP contribution in [0.2, 0.25) is 0 Å². The molecule has 8 atom stereocenters. The fourth-order valence-electron chi connectivity index (χ4n) is 9.83. The van der Waals surface area contributed by atoms with E-state index in [4.69, 9.17) is 9.47 Å². The standard InChI is InChI=1S/C37H46N2O9/c1-35-14-12-23(40)17-22(35)8-9-25-26-13-15-37(46,36(26,2)18-29(41)33(25)35)30(42)20-48-32(44)11-10-31(43)39-28(34(45)47-3)16-21-19-38-27-7-5-4-6-24(21)27/h4-7,17,19,25-26,28-29,33,38,41,46H,8-16,18,20H2,1-3H3,(H,39,43)/t25-,26+,28-,29-,33+,35-,36-,37-/m0/s1. The lowest BCUT2D eigenvalue weighted by Crippen LogP contribution is -2.62. The Labute approximate surface area is 279 Å². The molecule has 1 aromatic heterocycles. The molecule has 4 aliphatic carbocycles. The van der Waals surface area contributed by atoms with Crippen molar-refractivity contribution in [2.45, 2.75) is 95.8 Å². The van der Waals surface area contributed by atoms with Gasteiger partial charge in [0.1, 0.15) is 11.6 Å². The number of Topliss-reactive ketones (excluding diaryl/α,β-unsaturated/α-hetero) is 1. The van der Waals surface area contributed by atoms with E-state index in [9.17, 15) is 34.2 Å². The molecule has 4 N–H and O–H groups in total. The number of aromatic nitrogens is 1. The quantitative estimate of drug-likeness (QED) is 0.278. The van der Waals surface area contributed by atoms with E-state index < -0.39 is 53.4 Å². The molecule has 0 saturated heterocycles. The molecule has 0 radical (unpaired) electrons. The molecule has 3 fully saturated rings. The molecule has 258 valence electrons. The summed E-state index contributed by atoms with van der Waals surface area (Å²) in [6.07, 6.45) is 6.19. The summed E-state index contributed by atoms with van der Waals surface area (Å²) in [6.45, 7) is 3.39. The molecule has 11 nitrogen and oxygen atoms in total. The predicted molar refractivity (Wildman–Crippen MR) is 174 cm³/mol. The Bertz CT molecular complexity index is 1660. The number of ketones is 2. The number of H-pyrrole nitrogens is 1.